The second kappa shape index (κ2) is 10.5. The number of ether oxygens (including phenoxy) is 1. The van der Waals surface area contributed by atoms with Crippen molar-refractivity contribution in [3.63, 3.8) is 0 Å². The monoisotopic (exact) mass is 428 g/mol. The second-order valence-corrected chi connectivity index (χ2v) is 8.44. The number of hydrogen-bond acceptors (Lipinski definition) is 3. The molecule has 1 aliphatic carbocycles. The largest absolute Gasteiger partial charge is 0.489 e. The Bertz CT molecular complexity index is 1080. The minimum absolute atomic E-state index is 0.0127. The van der Waals surface area contributed by atoms with Gasteiger partial charge in [0.1, 0.15) is 12.4 Å². The Hall–Kier alpha value is -3.11. The van der Waals surface area contributed by atoms with E-state index in [9.17, 15) is 4.79 Å². The minimum atomic E-state index is 0.0127. The molecule has 1 aliphatic rings. The molecule has 4 rings (SSSR count). The van der Waals surface area contributed by atoms with E-state index >= 15 is 0 Å². The summed E-state index contributed by atoms with van der Waals surface area (Å²) in [5, 5.41) is 6.26. The topological polar surface area (TPSA) is 50.4 Å². The number of fused-ring (bicyclic) bond motifs is 1. The molecule has 0 radical (unpaired) electrons. The van der Waals surface area contributed by atoms with Crippen LogP contribution in [0.1, 0.15) is 41.2 Å². The molecule has 1 amide bonds. The van der Waals surface area contributed by atoms with Crippen molar-refractivity contribution in [2.24, 2.45) is 0 Å². The van der Waals surface area contributed by atoms with Crippen LogP contribution in [0.2, 0.25) is 0 Å². The fourth-order valence-corrected chi connectivity index (χ4v) is 4.52. The summed E-state index contributed by atoms with van der Waals surface area (Å²) in [6.45, 7) is 6.55. The summed E-state index contributed by atoms with van der Waals surface area (Å²) in [4.78, 5) is 11.0. The smallest absolute Gasteiger partial charge is 0.216 e. The summed E-state index contributed by atoms with van der Waals surface area (Å²) in [5.41, 5.74) is 9.14. The van der Waals surface area contributed by atoms with Gasteiger partial charge in [-0.2, -0.15) is 0 Å². The van der Waals surface area contributed by atoms with Crippen LogP contribution in [0.4, 0.5) is 0 Å². The lowest BCUT2D eigenvalue weighted by Gasteiger charge is -2.17. The van der Waals surface area contributed by atoms with Gasteiger partial charge in [0.25, 0.3) is 0 Å². The van der Waals surface area contributed by atoms with Crippen LogP contribution in [-0.2, 0) is 30.8 Å². The van der Waals surface area contributed by atoms with Crippen molar-refractivity contribution in [2.45, 2.75) is 46.3 Å². The predicted octanol–water partition coefficient (Wildman–Crippen LogP) is 4.96. The van der Waals surface area contributed by atoms with Gasteiger partial charge in [0.2, 0.25) is 5.91 Å². The van der Waals surface area contributed by atoms with Crippen LogP contribution < -0.4 is 15.4 Å². The van der Waals surface area contributed by atoms with Gasteiger partial charge in [0.05, 0.1) is 0 Å². The molecular weight excluding hydrogens is 396 g/mol. The molecule has 0 aliphatic heterocycles. The van der Waals surface area contributed by atoms with E-state index in [0.29, 0.717) is 13.2 Å². The van der Waals surface area contributed by atoms with Gasteiger partial charge in [-0.1, -0.05) is 54.6 Å². The summed E-state index contributed by atoms with van der Waals surface area (Å²) in [7, 11) is 0. The average molecular weight is 429 g/mol. The standard InChI is InChI=1S/C28H32N2O2/c1-20-24(10-6-11-25(20)22-8-4-3-5-9-22)19-32-28-15-14-23(26-12-7-13-27(26)28)18-29-16-17-30-21(2)31/h3-6,8-11,14-15,29H,7,12-13,16-19H2,1-2H3,(H,30,31). The molecule has 0 bridgehead atoms. The first-order valence-electron chi connectivity index (χ1n) is 11.5. The van der Waals surface area contributed by atoms with Crippen LogP contribution in [0.3, 0.4) is 0 Å². The maximum Gasteiger partial charge on any atom is 0.216 e. The third-order valence-corrected chi connectivity index (χ3v) is 6.24. The van der Waals surface area contributed by atoms with Crippen molar-refractivity contribution < 1.29 is 9.53 Å². The Labute approximate surface area is 191 Å². The Balaban J connectivity index is 1.43. The number of carbonyl (C=O) groups is 1. The number of nitrogens with one attached hydrogen (secondary N) is 2. The molecule has 4 nitrogen and oxygen atoms in total. The van der Waals surface area contributed by atoms with Crippen molar-refractivity contribution in [3.8, 4) is 16.9 Å². The summed E-state index contributed by atoms with van der Waals surface area (Å²) >= 11 is 0. The normalized spacial score (nSPS) is 12.4. The molecule has 166 valence electrons. The fourth-order valence-electron chi connectivity index (χ4n) is 4.52. The lowest BCUT2D eigenvalue weighted by molar-refractivity contribution is -0.118. The van der Waals surface area contributed by atoms with Gasteiger partial charge in [-0.3, -0.25) is 4.79 Å². The van der Waals surface area contributed by atoms with E-state index in [1.165, 1.54) is 45.4 Å². The quantitative estimate of drug-likeness (QED) is 0.474. The summed E-state index contributed by atoms with van der Waals surface area (Å²) in [5.74, 6) is 1.03. The van der Waals surface area contributed by atoms with Gasteiger partial charge < -0.3 is 15.4 Å². The van der Waals surface area contributed by atoms with Crippen LogP contribution in [0.5, 0.6) is 5.75 Å². The zero-order valence-electron chi connectivity index (χ0n) is 19.0. The first-order valence-corrected chi connectivity index (χ1v) is 11.5. The van der Waals surface area contributed by atoms with E-state index in [-0.39, 0.29) is 5.91 Å². The second-order valence-electron chi connectivity index (χ2n) is 8.44. The molecule has 2 N–H and O–H groups in total. The Kier molecular flexibility index (Phi) is 7.23. The van der Waals surface area contributed by atoms with Crippen molar-refractivity contribution >= 4 is 5.91 Å². The van der Waals surface area contributed by atoms with E-state index in [1.54, 1.807) is 6.92 Å². The van der Waals surface area contributed by atoms with Gasteiger partial charge in [0.15, 0.2) is 0 Å². The number of carbonyl (C=O) groups excluding carboxylic acids is 1. The molecule has 3 aromatic rings. The Morgan fingerprint density at radius 2 is 1.72 bits per heavy atom. The minimum Gasteiger partial charge on any atom is -0.489 e. The molecule has 0 unspecified atom stereocenters. The van der Waals surface area contributed by atoms with E-state index in [4.69, 9.17) is 4.74 Å². The molecule has 4 heteroatoms. The van der Waals surface area contributed by atoms with E-state index in [1.807, 2.05) is 0 Å². The third-order valence-electron chi connectivity index (χ3n) is 6.24. The average Bonchev–Trinajstić information content (AvgIpc) is 3.30. The maximum absolute atomic E-state index is 11.0. The van der Waals surface area contributed by atoms with Gasteiger partial charge >= 0.3 is 0 Å². The highest BCUT2D eigenvalue weighted by Crippen LogP contribution is 2.34. The molecule has 0 saturated heterocycles. The molecule has 0 fully saturated rings. The molecule has 0 aromatic heterocycles. The van der Waals surface area contributed by atoms with Crippen LogP contribution in [0.25, 0.3) is 11.1 Å². The Morgan fingerprint density at radius 1 is 0.906 bits per heavy atom. The summed E-state index contributed by atoms with van der Waals surface area (Å²) in [6.07, 6.45) is 3.36. The predicted molar refractivity (Wildman–Crippen MR) is 130 cm³/mol. The van der Waals surface area contributed by atoms with Crippen LogP contribution in [0.15, 0.2) is 60.7 Å². The number of amides is 1. The lowest BCUT2D eigenvalue weighted by Crippen LogP contribution is -2.30. The highest BCUT2D eigenvalue weighted by atomic mass is 16.5. The van der Waals surface area contributed by atoms with E-state index in [0.717, 1.165) is 31.7 Å². The van der Waals surface area contributed by atoms with Crippen molar-refractivity contribution in [1.82, 2.24) is 10.6 Å². The van der Waals surface area contributed by atoms with Crippen molar-refractivity contribution in [3.05, 3.63) is 88.5 Å². The summed E-state index contributed by atoms with van der Waals surface area (Å²) in [6, 6.07) is 21.3. The van der Waals surface area contributed by atoms with E-state index < -0.39 is 0 Å². The number of benzene rings is 3. The van der Waals surface area contributed by atoms with Crippen LogP contribution >= 0.6 is 0 Å². The number of rotatable bonds is 9. The van der Waals surface area contributed by atoms with Crippen LogP contribution in [0, 0.1) is 6.92 Å². The molecule has 0 heterocycles. The number of hydrogen-bond donors (Lipinski definition) is 2. The zero-order valence-corrected chi connectivity index (χ0v) is 19.0. The molecular formula is C28H32N2O2. The first kappa shape index (κ1) is 22.1. The van der Waals surface area contributed by atoms with Gasteiger partial charge in [-0.25, -0.2) is 0 Å². The van der Waals surface area contributed by atoms with E-state index in [2.05, 4.69) is 78.2 Å². The van der Waals surface area contributed by atoms with Crippen molar-refractivity contribution in [1.29, 1.82) is 0 Å². The highest BCUT2D eigenvalue weighted by molar-refractivity contribution is 5.72. The highest BCUT2D eigenvalue weighted by Gasteiger charge is 2.19. The summed E-state index contributed by atoms with van der Waals surface area (Å²) < 4.78 is 6.36. The van der Waals surface area contributed by atoms with Crippen LogP contribution in [-0.4, -0.2) is 19.0 Å². The van der Waals surface area contributed by atoms with Crippen molar-refractivity contribution in [2.75, 3.05) is 13.1 Å². The fraction of sp³-hybridized carbons (Fsp3) is 0.321. The molecule has 3 aromatic carbocycles. The third kappa shape index (κ3) is 5.20. The Morgan fingerprint density at radius 3 is 2.53 bits per heavy atom. The molecule has 0 spiro atoms. The van der Waals surface area contributed by atoms with Gasteiger partial charge in [-0.15, -0.1) is 0 Å². The lowest BCUT2D eigenvalue weighted by atomic mass is 9.97. The zero-order chi connectivity index (χ0) is 22.3. The molecule has 0 atom stereocenters. The van der Waals surface area contributed by atoms with Gasteiger partial charge in [0, 0.05) is 26.6 Å². The maximum atomic E-state index is 11.0. The first-order chi connectivity index (χ1) is 15.6. The molecule has 32 heavy (non-hydrogen) atoms. The SMILES string of the molecule is CC(=O)NCCNCc1ccc(OCc2cccc(-c3ccccc3)c2C)c2c1CCC2. The molecule has 0 saturated carbocycles. The van der Waals surface area contributed by atoms with Gasteiger partial charge in [-0.05, 0) is 71.2 Å².